The van der Waals surface area contributed by atoms with Crippen molar-refractivity contribution >= 4 is 21.6 Å². The Morgan fingerprint density at radius 1 is 0.971 bits per heavy atom. The average molecular weight is 474 g/mol. The smallest absolute Gasteiger partial charge is 0.264 e. The van der Waals surface area contributed by atoms with E-state index in [1.54, 1.807) is 23.0 Å². The molecule has 1 N–H and O–H groups in total. The van der Waals surface area contributed by atoms with Crippen LogP contribution in [0.4, 0.5) is 5.69 Å². The monoisotopic (exact) mass is 473 g/mol. The molecule has 0 atom stereocenters. The summed E-state index contributed by atoms with van der Waals surface area (Å²) in [6.45, 7) is 0.551. The summed E-state index contributed by atoms with van der Waals surface area (Å²) in [5.41, 5.74) is 2.85. The van der Waals surface area contributed by atoms with E-state index in [2.05, 4.69) is 15.5 Å². The molecule has 0 spiro atoms. The van der Waals surface area contributed by atoms with E-state index in [1.807, 2.05) is 54.6 Å². The molecule has 0 bridgehead atoms. The Balaban J connectivity index is 1.35. The van der Waals surface area contributed by atoms with Gasteiger partial charge in [-0.25, -0.2) is 8.42 Å². The lowest BCUT2D eigenvalue weighted by Crippen LogP contribution is -2.35. The molecule has 9 heteroatoms. The molecule has 4 aromatic rings. The first-order valence-corrected chi connectivity index (χ1v) is 12.4. The molecule has 34 heavy (non-hydrogen) atoms. The normalized spacial score (nSPS) is 13.4. The Bertz CT molecular complexity index is 1430. The molecule has 0 aliphatic carbocycles. The van der Waals surface area contributed by atoms with E-state index in [4.69, 9.17) is 0 Å². The van der Waals surface area contributed by atoms with Crippen molar-refractivity contribution < 1.29 is 13.2 Å². The molecule has 172 valence electrons. The van der Waals surface area contributed by atoms with Gasteiger partial charge in [-0.2, -0.15) is 0 Å². The van der Waals surface area contributed by atoms with Gasteiger partial charge in [0.15, 0.2) is 5.82 Å². The number of nitrogens with zero attached hydrogens (tertiary/aromatic N) is 4. The topological polar surface area (TPSA) is 97.2 Å². The quantitative estimate of drug-likeness (QED) is 0.463. The number of anilines is 1. The number of nitrogens with one attached hydrogen (secondary N) is 1. The molecule has 5 rings (SSSR count). The molecular weight excluding hydrogens is 450 g/mol. The van der Waals surface area contributed by atoms with Crippen molar-refractivity contribution in [3.05, 3.63) is 102 Å². The molecule has 1 aliphatic rings. The Kier molecular flexibility index (Phi) is 5.85. The lowest BCUT2D eigenvalue weighted by Gasteiger charge is -2.30. The van der Waals surface area contributed by atoms with Gasteiger partial charge in [-0.15, -0.1) is 10.2 Å². The summed E-state index contributed by atoms with van der Waals surface area (Å²) in [6.07, 6.45) is 3.18. The van der Waals surface area contributed by atoms with Gasteiger partial charge >= 0.3 is 0 Å². The van der Waals surface area contributed by atoms with Gasteiger partial charge in [0.25, 0.3) is 15.9 Å². The minimum atomic E-state index is -3.81. The molecule has 3 aromatic carbocycles. The second kappa shape index (κ2) is 9.11. The van der Waals surface area contributed by atoms with Crippen molar-refractivity contribution in [2.75, 3.05) is 10.8 Å². The third-order valence-electron chi connectivity index (χ3n) is 5.81. The van der Waals surface area contributed by atoms with Crippen LogP contribution in [0.3, 0.4) is 0 Å². The van der Waals surface area contributed by atoms with E-state index < -0.39 is 15.9 Å². The van der Waals surface area contributed by atoms with Gasteiger partial charge in [-0.3, -0.25) is 13.7 Å². The van der Waals surface area contributed by atoms with Crippen LogP contribution in [0.2, 0.25) is 0 Å². The Labute approximate surface area is 197 Å². The largest absolute Gasteiger partial charge is 0.345 e. The van der Waals surface area contributed by atoms with Gasteiger partial charge in [0, 0.05) is 17.8 Å². The summed E-state index contributed by atoms with van der Waals surface area (Å²) in [4.78, 5) is 13.0. The molecule has 0 unspecified atom stereocenters. The number of rotatable bonds is 6. The fraction of sp³-hybridized carbons (Fsp3) is 0.160. The highest BCUT2D eigenvalue weighted by molar-refractivity contribution is 7.92. The molecule has 8 nitrogen and oxygen atoms in total. The van der Waals surface area contributed by atoms with Gasteiger partial charge in [-0.1, -0.05) is 42.5 Å². The number of benzene rings is 3. The van der Waals surface area contributed by atoms with Crippen LogP contribution in [0.15, 0.2) is 90.1 Å². The number of carbonyl (C=O) groups is 1. The minimum Gasteiger partial charge on any atom is -0.345 e. The SMILES string of the molecule is O=C(NCc1nncn1-c1ccccc1)c1cccc(S(=O)(=O)N2CCCc3ccccc32)c1. The number of carbonyl (C=O) groups excluding carboxylic acids is 1. The van der Waals surface area contributed by atoms with Crippen molar-refractivity contribution in [2.24, 2.45) is 0 Å². The minimum absolute atomic E-state index is 0.0873. The Morgan fingerprint density at radius 2 is 1.76 bits per heavy atom. The van der Waals surface area contributed by atoms with E-state index in [-0.39, 0.29) is 17.0 Å². The maximum absolute atomic E-state index is 13.4. The maximum atomic E-state index is 13.4. The summed E-state index contributed by atoms with van der Waals surface area (Å²) in [7, 11) is -3.81. The van der Waals surface area contributed by atoms with Gasteiger partial charge in [0.05, 0.1) is 17.1 Å². The number of amides is 1. The predicted octanol–water partition coefficient (Wildman–Crippen LogP) is 3.34. The van der Waals surface area contributed by atoms with E-state index in [9.17, 15) is 13.2 Å². The number of hydrogen-bond acceptors (Lipinski definition) is 5. The van der Waals surface area contributed by atoms with Crippen molar-refractivity contribution in [3.8, 4) is 5.69 Å². The van der Waals surface area contributed by atoms with E-state index in [1.165, 1.54) is 16.4 Å². The molecule has 2 heterocycles. The summed E-state index contributed by atoms with van der Waals surface area (Å²) < 4.78 is 30.1. The molecule has 0 saturated heterocycles. The summed E-state index contributed by atoms with van der Waals surface area (Å²) in [5, 5.41) is 10.9. The molecule has 0 radical (unpaired) electrons. The molecule has 1 amide bonds. The van der Waals surface area contributed by atoms with E-state index in [0.717, 1.165) is 24.1 Å². The van der Waals surface area contributed by atoms with Crippen LogP contribution in [-0.2, 0) is 23.0 Å². The van der Waals surface area contributed by atoms with Gasteiger partial charge < -0.3 is 5.32 Å². The van der Waals surface area contributed by atoms with Crippen LogP contribution in [0.1, 0.15) is 28.2 Å². The number of hydrogen-bond donors (Lipinski definition) is 1. The number of sulfonamides is 1. The van der Waals surface area contributed by atoms with Gasteiger partial charge in [0.2, 0.25) is 0 Å². The van der Waals surface area contributed by atoms with Gasteiger partial charge in [-0.05, 0) is 54.8 Å². The molecule has 0 saturated carbocycles. The van der Waals surface area contributed by atoms with Crippen LogP contribution in [0, 0.1) is 0 Å². The fourth-order valence-electron chi connectivity index (χ4n) is 4.12. The highest BCUT2D eigenvalue weighted by atomic mass is 32.2. The lowest BCUT2D eigenvalue weighted by atomic mass is 10.0. The predicted molar refractivity (Wildman–Crippen MR) is 128 cm³/mol. The van der Waals surface area contributed by atoms with Crippen molar-refractivity contribution in [3.63, 3.8) is 0 Å². The summed E-state index contributed by atoms with van der Waals surface area (Å²) in [5.74, 6) is 0.173. The number of para-hydroxylation sites is 2. The zero-order valence-corrected chi connectivity index (χ0v) is 19.1. The highest BCUT2D eigenvalue weighted by Crippen LogP contribution is 2.31. The first-order valence-electron chi connectivity index (χ1n) is 11.0. The van der Waals surface area contributed by atoms with Crippen LogP contribution in [-0.4, -0.2) is 35.6 Å². The first-order chi connectivity index (χ1) is 16.5. The zero-order chi connectivity index (χ0) is 23.5. The number of aryl methyl sites for hydroxylation is 1. The summed E-state index contributed by atoms with van der Waals surface area (Å²) in [6, 6.07) is 23.2. The zero-order valence-electron chi connectivity index (χ0n) is 18.3. The highest BCUT2D eigenvalue weighted by Gasteiger charge is 2.29. The fourth-order valence-corrected chi connectivity index (χ4v) is 5.71. The van der Waals surface area contributed by atoms with Crippen LogP contribution in [0.5, 0.6) is 0 Å². The first kappa shape index (κ1) is 21.8. The van der Waals surface area contributed by atoms with Crippen molar-refractivity contribution in [1.29, 1.82) is 0 Å². The average Bonchev–Trinajstić information content (AvgIpc) is 3.36. The van der Waals surface area contributed by atoms with Crippen LogP contribution in [0.25, 0.3) is 5.69 Å². The Hall–Kier alpha value is -3.98. The standard InChI is InChI=1S/C25H23N5O3S/c31-25(26-17-24-28-27-18-29(24)21-11-2-1-3-12-21)20-9-6-13-22(16-20)34(32,33)30-15-7-10-19-8-4-5-14-23(19)30/h1-6,8-9,11-14,16,18H,7,10,15,17H2,(H,26,31). The summed E-state index contributed by atoms with van der Waals surface area (Å²) >= 11 is 0. The maximum Gasteiger partial charge on any atom is 0.264 e. The molecule has 1 aromatic heterocycles. The second-order valence-corrected chi connectivity index (χ2v) is 9.83. The number of fused-ring (bicyclic) bond motifs is 1. The molecular formula is C25H23N5O3S. The van der Waals surface area contributed by atoms with Crippen molar-refractivity contribution in [2.45, 2.75) is 24.3 Å². The Morgan fingerprint density at radius 3 is 2.62 bits per heavy atom. The molecule has 0 fully saturated rings. The number of aromatic nitrogens is 3. The van der Waals surface area contributed by atoms with E-state index in [0.29, 0.717) is 18.1 Å². The van der Waals surface area contributed by atoms with Crippen molar-refractivity contribution in [1.82, 2.24) is 20.1 Å². The molecule has 1 aliphatic heterocycles. The third kappa shape index (κ3) is 4.17. The lowest BCUT2D eigenvalue weighted by molar-refractivity contribution is 0.0949. The van der Waals surface area contributed by atoms with Crippen LogP contribution >= 0.6 is 0 Å². The van der Waals surface area contributed by atoms with Gasteiger partial charge in [0.1, 0.15) is 6.33 Å². The van der Waals surface area contributed by atoms with Crippen LogP contribution < -0.4 is 9.62 Å². The van der Waals surface area contributed by atoms with E-state index >= 15 is 0 Å². The second-order valence-electron chi connectivity index (χ2n) is 7.97. The third-order valence-corrected chi connectivity index (χ3v) is 7.62.